The first-order valence-electron chi connectivity index (χ1n) is 13.1. The summed E-state index contributed by atoms with van der Waals surface area (Å²) >= 11 is 0. The van der Waals surface area contributed by atoms with Crippen LogP contribution in [0.4, 0.5) is 29.1 Å². The Labute approximate surface area is 232 Å². The van der Waals surface area contributed by atoms with E-state index in [-0.39, 0.29) is 35.8 Å². The van der Waals surface area contributed by atoms with Gasteiger partial charge in [-0.05, 0) is 37.8 Å². The zero-order chi connectivity index (χ0) is 29.1. The van der Waals surface area contributed by atoms with E-state index in [2.05, 4.69) is 19.9 Å². The molecule has 0 unspecified atom stereocenters. The summed E-state index contributed by atoms with van der Waals surface area (Å²) in [5.74, 6) is -1.52. The minimum absolute atomic E-state index is 0.0616. The number of piperidine rings is 1. The van der Waals surface area contributed by atoms with Crippen LogP contribution in [0.15, 0.2) is 37.1 Å². The van der Waals surface area contributed by atoms with Crippen molar-refractivity contribution in [3.05, 3.63) is 54.2 Å². The molecule has 14 heteroatoms. The molecule has 1 aromatic carbocycles. The lowest BCUT2D eigenvalue weighted by atomic mass is 9.84. The third-order valence-electron chi connectivity index (χ3n) is 8.17. The van der Waals surface area contributed by atoms with Gasteiger partial charge in [-0.1, -0.05) is 0 Å². The largest absolute Gasteiger partial charge is 0.494 e. The Kier molecular flexibility index (Phi) is 6.49. The van der Waals surface area contributed by atoms with Crippen LogP contribution in [0, 0.1) is 11.6 Å². The summed E-state index contributed by atoms with van der Waals surface area (Å²) in [6.07, 6.45) is 1.34. The number of pyridine rings is 1. The van der Waals surface area contributed by atoms with E-state index in [1.807, 2.05) is 9.47 Å². The predicted molar refractivity (Wildman–Crippen MR) is 143 cm³/mol. The zero-order valence-corrected chi connectivity index (χ0v) is 22.1. The summed E-state index contributed by atoms with van der Waals surface area (Å²) in [5.41, 5.74) is 12.3. The number of methoxy groups -OCH3 is 1. The van der Waals surface area contributed by atoms with E-state index in [1.54, 1.807) is 12.4 Å². The van der Waals surface area contributed by atoms with E-state index < -0.39 is 35.2 Å². The highest BCUT2D eigenvalue weighted by Crippen LogP contribution is 2.54. The molecular formula is C27H28F4N8O2. The molecule has 2 aliphatic rings. The van der Waals surface area contributed by atoms with Crippen LogP contribution >= 0.6 is 0 Å². The van der Waals surface area contributed by atoms with Crippen molar-refractivity contribution in [2.75, 3.05) is 30.8 Å². The molecule has 2 fully saturated rings. The van der Waals surface area contributed by atoms with Crippen molar-refractivity contribution in [3.8, 4) is 17.0 Å². The maximum absolute atomic E-state index is 15.1. The van der Waals surface area contributed by atoms with Crippen LogP contribution in [0.25, 0.3) is 22.4 Å². The first-order valence-corrected chi connectivity index (χ1v) is 13.1. The summed E-state index contributed by atoms with van der Waals surface area (Å²) < 4.78 is 63.6. The van der Waals surface area contributed by atoms with Crippen LogP contribution in [0.3, 0.4) is 0 Å². The summed E-state index contributed by atoms with van der Waals surface area (Å²) in [6, 6.07) is 3.64. The topological polar surface area (TPSA) is 141 Å². The maximum Gasteiger partial charge on any atom is 0.265 e. The third-order valence-corrected chi connectivity index (χ3v) is 8.17. The number of fused-ring (bicyclic) bond motifs is 1. The predicted octanol–water partition coefficient (Wildman–Crippen LogP) is 3.22. The number of rotatable bonds is 7. The van der Waals surface area contributed by atoms with Crippen LogP contribution in [0.1, 0.15) is 31.2 Å². The number of anilines is 2. The number of nitrogens with zero attached hydrogens (tertiary/aromatic N) is 6. The summed E-state index contributed by atoms with van der Waals surface area (Å²) in [5, 5.41) is 10.3. The molecule has 2 atom stereocenters. The number of halogens is 4. The number of aliphatic hydroxyl groups excluding tert-OH is 1. The Morgan fingerprint density at radius 1 is 1.05 bits per heavy atom. The van der Waals surface area contributed by atoms with Gasteiger partial charge in [0.15, 0.2) is 23.0 Å². The molecule has 1 saturated carbocycles. The lowest BCUT2D eigenvalue weighted by Gasteiger charge is -2.44. The van der Waals surface area contributed by atoms with E-state index in [0.717, 1.165) is 12.1 Å². The Bertz CT molecular complexity index is 1630. The van der Waals surface area contributed by atoms with E-state index in [1.165, 1.54) is 19.6 Å². The Hall–Kier alpha value is -4.04. The van der Waals surface area contributed by atoms with Gasteiger partial charge < -0.3 is 30.8 Å². The van der Waals surface area contributed by atoms with E-state index in [9.17, 15) is 18.3 Å². The zero-order valence-electron chi connectivity index (χ0n) is 22.1. The Balaban J connectivity index is 1.52. The number of aliphatic hydroxyl groups is 1. The van der Waals surface area contributed by atoms with Gasteiger partial charge in [-0.15, -0.1) is 0 Å². The monoisotopic (exact) mass is 572 g/mol. The second-order valence-corrected chi connectivity index (χ2v) is 10.7. The molecule has 1 saturated heterocycles. The molecule has 0 radical (unpaired) electrons. The van der Waals surface area contributed by atoms with E-state index >= 15 is 4.39 Å². The summed E-state index contributed by atoms with van der Waals surface area (Å²) in [6.45, 7) is 0.401. The first kappa shape index (κ1) is 27.1. The van der Waals surface area contributed by atoms with Crippen molar-refractivity contribution in [2.45, 2.75) is 49.3 Å². The smallest absolute Gasteiger partial charge is 0.265 e. The molecule has 0 spiro atoms. The number of aromatic nitrogens is 5. The standard InChI is InChI=1S/C27H28F4N8O2/c1-41-20-9-16(28)14(7-17(20)29)18-8-15(27(4-5-27)39-13-37-21-24(32)35-12-36-25(21)39)19(10-34-18)38-6-2-3-26(33,11-38)22(40)23(30)31/h7-10,12-13,22-23,40H,2-6,11,33H2,1H3,(H2,32,35,36)/t22-,26-/m1/s1. The molecule has 4 heterocycles. The minimum Gasteiger partial charge on any atom is -0.494 e. The lowest BCUT2D eigenvalue weighted by Crippen LogP contribution is -2.63. The van der Waals surface area contributed by atoms with Crippen molar-refractivity contribution >= 4 is 22.7 Å². The van der Waals surface area contributed by atoms with Gasteiger partial charge in [0, 0.05) is 30.3 Å². The third kappa shape index (κ3) is 4.41. The number of nitrogen functional groups attached to an aromatic ring is 1. The highest BCUT2D eigenvalue weighted by atomic mass is 19.3. The summed E-state index contributed by atoms with van der Waals surface area (Å²) in [4.78, 5) is 19.1. The number of hydrogen-bond donors (Lipinski definition) is 3. The molecule has 216 valence electrons. The number of alkyl halides is 2. The number of ether oxygens (including phenoxy) is 1. The summed E-state index contributed by atoms with van der Waals surface area (Å²) in [7, 11) is 1.24. The number of imidazole rings is 1. The van der Waals surface area contributed by atoms with Crippen LogP contribution in [0.2, 0.25) is 0 Å². The van der Waals surface area contributed by atoms with Crippen LogP contribution in [-0.2, 0) is 5.54 Å². The molecule has 10 nitrogen and oxygen atoms in total. The average Bonchev–Trinajstić information content (AvgIpc) is 3.64. The van der Waals surface area contributed by atoms with Crippen molar-refractivity contribution in [3.63, 3.8) is 0 Å². The molecule has 1 aliphatic carbocycles. The molecule has 0 amide bonds. The van der Waals surface area contributed by atoms with Crippen LogP contribution < -0.4 is 21.1 Å². The van der Waals surface area contributed by atoms with Gasteiger partial charge in [0.2, 0.25) is 0 Å². The van der Waals surface area contributed by atoms with Crippen molar-refractivity contribution in [2.24, 2.45) is 5.73 Å². The number of hydrogen-bond acceptors (Lipinski definition) is 9. The van der Waals surface area contributed by atoms with Crippen molar-refractivity contribution < 1.29 is 27.4 Å². The highest BCUT2D eigenvalue weighted by molar-refractivity contribution is 5.82. The Morgan fingerprint density at radius 3 is 2.54 bits per heavy atom. The van der Waals surface area contributed by atoms with Gasteiger partial charge in [0.25, 0.3) is 6.43 Å². The molecular weight excluding hydrogens is 544 g/mol. The lowest BCUT2D eigenvalue weighted by molar-refractivity contribution is -0.0529. The first-order chi connectivity index (χ1) is 19.6. The molecule has 1 aliphatic heterocycles. The van der Waals surface area contributed by atoms with Gasteiger partial charge in [-0.25, -0.2) is 32.5 Å². The molecule has 5 N–H and O–H groups in total. The minimum atomic E-state index is -3.01. The van der Waals surface area contributed by atoms with Crippen LogP contribution in [0.5, 0.6) is 5.75 Å². The van der Waals surface area contributed by atoms with Gasteiger partial charge in [-0.3, -0.25) is 4.98 Å². The average molecular weight is 573 g/mol. The molecule has 3 aromatic heterocycles. The van der Waals surface area contributed by atoms with Gasteiger partial charge >= 0.3 is 0 Å². The fraction of sp³-hybridized carbons (Fsp3) is 0.407. The van der Waals surface area contributed by atoms with Crippen molar-refractivity contribution in [1.29, 1.82) is 0 Å². The quantitative estimate of drug-likeness (QED) is 0.285. The maximum atomic E-state index is 15.1. The number of nitrogens with two attached hydrogens (primary N) is 2. The Morgan fingerprint density at radius 2 is 1.83 bits per heavy atom. The van der Waals surface area contributed by atoms with E-state index in [0.29, 0.717) is 48.2 Å². The highest BCUT2D eigenvalue weighted by Gasteiger charge is 2.51. The second-order valence-electron chi connectivity index (χ2n) is 10.7. The molecule has 6 rings (SSSR count). The van der Waals surface area contributed by atoms with Gasteiger partial charge in [-0.2, -0.15) is 0 Å². The fourth-order valence-corrected chi connectivity index (χ4v) is 5.84. The normalized spacial score (nSPS) is 20.9. The molecule has 4 aromatic rings. The van der Waals surface area contributed by atoms with Gasteiger partial charge in [0.1, 0.15) is 23.8 Å². The fourth-order valence-electron chi connectivity index (χ4n) is 5.84. The molecule has 41 heavy (non-hydrogen) atoms. The van der Waals surface area contributed by atoms with Crippen molar-refractivity contribution in [1.82, 2.24) is 24.5 Å². The number of benzene rings is 1. The second kappa shape index (κ2) is 9.80. The van der Waals surface area contributed by atoms with E-state index in [4.69, 9.17) is 16.2 Å². The molecule has 0 bridgehead atoms. The van der Waals surface area contributed by atoms with Gasteiger partial charge in [0.05, 0.1) is 42.1 Å². The van der Waals surface area contributed by atoms with Crippen LogP contribution in [-0.4, -0.2) is 67.9 Å². The SMILES string of the molecule is COc1cc(F)c(-c2cc(C3(n4cnc5c(N)ncnc54)CC3)c(N3CCC[C@](N)([C@H](O)C(F)F)C3)cn2)cc1F.